The standard InChI is InChI=1S/C10H17ClN2O/c1-8(14)13(11)10-4-6-12(7-5-10)9-2-3-9/h9-10H,2-7H2,1H3. The lowest BCUT2D eigenvalue weighted by Crippen LogP contribution is -2.43. The van der Waals surface area contributed by atoms with E-state index in [-0.39, 0.29) is 11.9 Å². The third-order valence-electron chi connectivity index (χ3n) is 3.18. The molecule has 0 bridgehead atoms. The number of halogens is 1. The Hall–Kier alpha value is -0.280. The zero-order valence-electron chi connectivity index (χ0n) is 8.58. The fourth-order valence-electron chi connectivity index (χ4n) is 2.17. The highest BCUT2D eigenvalue weighted by atomic mass is 35.5. The Kier molecular flexibility index (Phi) is 2.98. The molecule has 2 aliphatic rings. The summed E-state index contributed by atoms with van der Waals surface area (Å²) in [4.78, 5) is 13.6. The first-order valence-electron chi connectivity index (χ1n) is 5.38. The van der Waals surface area contributed by atoms with E-state index in [0.717, 1.165) is 32.0 Å². The number of piperidine rings is 1. The van der Waals surface area contributed by atoms with Crippen LogP contribution in [0, 0.1) is 0 Å². The molecular weight excluding hydrogens is 200 g/mol. The number of likely N-dealkylation sites (tertiary alicyclic amines) is 1. The van der Waals surface area contributed by atoms with Crippen LogP contribution in [0.15, 0.2) is 0 Å². The van der Waals surface area contributed by atoms with E-state index in [1.807, 2.05) is 0 Å². The van der Waals surface area contributed by atoms with Gasteiger partial charge in [-0.05, 0) is 25.7 Å². The van der Waals surface area contributed by atoms with Gasteiger partial charge in [-0.2, -0.15) is 0 Å². The van der Waals surface area contributed by atoms with E-state index in [9.17, 15) is 4.79 Å². The van der Waals surface area contributed by atoms with Crippen molar-refractivity contribution in [2.75, 3.05) is 13.1 Å². The molecule has 2 rings (SSSR count). The predicted molar refractivity (Wildman–Crippen MR) is 56.0 cm³/mol. The largest absolute Gasteiger partial charge is 0.300 e. The number of amides is 1. The lowest BCUT2D eigenvalue weighted by molar-refractivity contribution is -0.126. The molecule has 1 saturated carbocycles. The van der Waals surface area contributed by atoms with Crippen LogP contribution in [-0.4, -0.2) is 40.4 Å². The Bertz CT molecular complexity index is 222. The van der Waals surface area contributed by atoms with Crippen molar-refractivity contribution in [2.45, 2.75) is 44.7 Å². The van der Waals surface area contributed by atoms with Gasteiger partial charge in [0, 0.05) is 37.8 Å². The molecule has 14 heavy (non-hydrogen) atoms. The molecule has 0 N–H and O–H groups in total. The van der Waals surface area contributed by atoms with Gasteiger partial charge in [0.05, 0.1) is 6.04 Å². The number of carbonyl (C=O) groups excluding carboxylic acids is 1. The second-order valence-electron chi connectivity index (χ2n) is 4.33. The molecule has 0 spiro atoms. The molecular formula is C10H17ClN2O. The molecule has 4 heteroatoms. The topological polar surface area (TPSA) is 23.6 Å². The summed E-state index contributed by atoms with van der Waals surface area (Å²) in [6, 6.07) is 1.10. The SMILES string of the molecule is CC(=O)N(Cl)C1CCN(C2CC2)CC1. The molecule has 1 heterocycles. The molecule has 80 valence electrons. The van der Waals surface area contributed by atoms with Crippen LogP contribution in [0.5, 0.6) is 0 Å². The van der Waals surface area contributed by atoms with Gasteiger partial charge in [-0.25, -0.2) is 0 Å². The maximum Gasteiger partial charge on any atom is 0.234 e. The number of carbonyl (C=O) groups is 1. The van der Waals surface area contributed by atoms with Gasteiger partial charge in [-0.1, -0.05) is 0 Å². The summed E-state index contributed by atoms with van der Waals surface area (Å²) in [7, 11) is 0. The summed E-state index contributed by atoms with van der Waals surface area (Å²) in [6.45, 7) is 3.73. The highest BCUT2D eigenvalue weighted by Gasteiger charge is 2.33. The van der Waals surface area contributed by atoms with E-state index >= 15 is 0 Å². The van der Waals surface area contributed by atoms with Crippen LogP contribution in [-0.2, 0) is 4.79 Å². The third kappa shape index (κ3) is 2.20. The van der Waals surface area contributed by atoms with Crippen molar-refractivity contribution >= 4 is 17.7 Å². The lowest BCUT2D eigenvalue weighted by atomic mass is 10.0. The second kappa shape index (κ2) is 4.07. The van der Waals surface area contributed by atoms with E-state index in [4.69, 9.17) is 11.8 Å². The summed E-state index contributed by atoms with van der Waals surface area (Å²) in [5.41, 5.74) is 0. The summed E-state index contributed by atoms with van der Waals surface area (Å²) in [6.07, 6.45) is 4.78. The fraction of sp³-hybridized carbons (Fsp3) is 0.900. The Balaban J connectivity index is 1.79. The number of nitrogens with zero attached hydrogens (tertiary/aromatic N) is 2. The van der Waals surface area contributed by atoms with Gasteiger partial charge in [0.15, 0.2) is 0 Å². The second-order valence-corrected chi connectivity index (χ2v) is 4.69. The van der Waals surface area contributed by atoms with E-state index in [2.05, 4.69) is 4.90 Å². The van der Waals surface area contributed by atoms with Gasteiger partial charge in [0.2, 0.25) is 5.91 Å². The average Bonchev–Trinajstić information content (AvgIpc) is 3.00. The Morgan fingerprint density at radius 1 is 1.29 bits per heavy atom. The van der Waals surface area contributed by atoms with Gasteiger partial charge in [0.25, 0.3) is 0 Å². The van der Waals surface area contributed by atoms with Crippen LogP contribution < -0.4 is 0 Å². The number of hydrogen-bond acceptors (Lipinski definition) is 2. The maximum absolute atomic E-state index is 11.1. The number of rotatable bonds is 2. The lowest BCUT2D eigenvalue weighted by Gasteiger charge is -2.34. The molecule has 0 aromatic heterocycles. The fourth-order valence-corrected chi connectivity index (χ4v) is 2.37. The van der Waals surface area contributed by atoms with Crippen LogP contribution >= 0.6 is 11.8 Å². The normalized spacial score (nSPS) is 25.0. The van der Waals surface area contributed by atoms with Crippen molar-refractivity contribution in [3.05, 3.63) is 0 Å². The molecule has 2 fully saturated rings. The summed E-state index contributed by atoms with van der Waals surface area (Å²) in [5, 5.41) is 0. The minimum atomic E-state index is -0.0310. The molecule has 1 saturated heterocycles. The minimum absolute atomic E-state index is 0.0310. The van der Waals surface area contributed by atoms with Crippen LogP contribution in [0.2, 0.25) is 0 Å². The van der Waals surface area contributed by atoms with E-state index in [0.29, 0.717) is 0 Å². The number of hydrogen-bond donors (Lipinski definition) is 0. The van der Waals surface area contributed by atoms with Gasteiger partial charge in [-0.3, -0.25) is 9.21 Å². The highest BCUT2D eigenvalue weighted by Crippen LogP contribution is 2.30. The maximum atomic E-state index is 11.1. The smallest absolute Gasteiger partial charge is 0.234 e. The molecule has 1 aliphatic carbocycles. The van der Waals surface area contributed by atoms with Gasteiger partial charge in [-0.15, -0.1) is 0 Å². The van der Waals surface area contributed by atoms with Crippen molar-refractivity contribution in [1.29, 1.82) is 0 Å². The molecule has 3 nitrogen and oxygen atoms in total. The Labute approximate surface area is 90.1 Å². The summed E-state index contributed by atoms with van der Waals surface area (Å²) in [5.74, 6) is -0.0310. The monoisotopic (exact) mass is 216 g/mol. The van der Waals surface area contributed by atoms with Crippen LogP contribution in [0.1, 0.15) is 32.6 Å². The van der Waals surface area contributed by atoms with Crippen LogP contribution in [0.3, 0.4) is 0 Å². The van der Waals surface area contributed by atoms with Crippen molar-refractivity contribution in [2.24, 2.45) is 0 Å². The quantitative estimate of drug-likeness (QED) is 0.655. The first-order valence-corrected chi connectivity index (χ1v) is 5.72. The first kappa shape index (κ1) is 10.2. The van der Waals surface area contributed by atoms with Crippen molar-refractivity contribution < 1.29 is 4.79 Å². The van der Waals surface area contributed by atoms with Crippen molar-refractivity contribution in [1.82, 2.24) is 9.32 Å². The third-order valence-corrected chi connectivity index (χ3v) is 3.70. The van der Waals surface area contributed by atoms with Crippen LogP contribution in [0.4, 0.5) is 0 Å². The molecule has 0 aromatic carbocycles. The van der Waals surface area contributed by atoms with Gasteiger partial charge >= 0.3 is 0 Å². The molecule has 0 atom stereocenters. The molecule has 0 aromatic rings. The average molecular weight is 217 g/mol. The molecule has 0 radical (unpaired) electrons. The molecule has 0 unspecified atom stereocenters. The Morgan fingerprint density at radius 2 is 1.86 bits per heavy atom. The predicted octanol–water partition coefficient (Wildman–Crippen LogP) is 1.62. The van der Waals surface area contributed by atoms with Crippen molar-refractivity contribution in [3.8, 4) is 0 Å². The highest BCUT2D eigenvalue weighted by molar-refractivity contribution is 6.21. The zero-order chi connectivity index (χ0) is 10.1. The summed E-state index contributed by atoms with van der Waals surface area (Å²) < 4.78 is 1.38. The van der Waals surface area contributed by atoms with E-state index in [1.54, 1.807) is 0 Å². The van der Waals surface area contributed by atoms with Crippen molar-refractivity contribution in [3.63, 3.8) is 0 Å². The van der Waals surface area contributed by atoms with Crippen LogP contribution in [0.25, 0.3) is 0 Å². The zero-order valence-corrected chi connectivity index (χ0v) is 9.33. The minimum Gasteiger partial charge on any atom is -0.300 e. The van der Waals surface area contributed by atoms with E-state index in [1.165, 1.54) is 24.2 Å². The van der Waals surface area contributed by atoms with Gasteiger partial charge < -0.3 is 4.90 Å². The summed E-state index contributed by atoms with van der Waals surface area (Å²) >= 11 is 5.90. The Morgan fingerprint density at radius 3 is 2.29 bits per heavy atom. The van der Waals surface area contributed by atoms with E-state index < -0.39 is 0 Å². The molecule has 1 aliphatic heterocycles. The molecule has 1 amide bonds. The first-order chi connectivity index (χ1) is 6.68. The van der Waals surface area contributed by atoms with Gasteiger partial charge in [0.1, 0.15) is 0 Å².